The monoisotopic (exact) mass is 267 g/mol. The van der Waals surface area contributed by atoms with Gasteiger partial charge in [-0.2, -0.15) is 9.47 Å². The Hall–Kier alpha value is -2.09. The Bertz CT molecular complexity index is 522. The van der Waals surface area contributed by atoms with Gasteiger partial charge in [0.15, 0.2) is 5.82 Å². The molecule has 0 saturated carbocycles. The van der Waals surface area contributed by atoms with Gasteiger partial charge in [-0.15, -0.1) is 0 Å². The van der Waals surface area contributed by atoms with E-state index in [1.165, 1.54) is 0 Å². The lowest BCUT2D eigenvalue weighted by Crippen LogP contribution is -2.10. The van der Waals surface area contributed by atoms with Crippen LogP contribution < -0.4 is 11.1 Å². The lowest BCUT2D eigenvalue weighted by Gasteiger charge is -2.05. The van der Waals surface area contributed by atoms with Crippen molar-refractivity contribution in [3.8, 4) is 0 Å². The maximum absolute atomic E-state index is 11.7. The molecule has 7 nitrogen and oxygen atoms in total. The zero-order chi connectivity index (χ0) is 13.0. The first kappa shape index (κ1) is 12.4. The largest absolute Gasteiger partial charge is 0.462 e. The molecule has 0 spiro atoms. The summed E-state index contributed by atoms with van der Waals surface area (Å²) in [6, 6.07) is 1.83. The molecule has 8 heteroatoms. The number of ether oxygens (including phenoxy) is 1. The Morgan fingerprint density at radius 2 is 2.50 bits per heavy atom. The molecular formula is C10H13N5O2S. The van der Waals surface area contributed by atoms with Crippen molar-refractivity contribution in [2.45, 2.75) is 13.5 Å². The van der Waals surface area contributed by atoms with Crippen LogP contribution in [0.5, 0.6) is 0 Å². The minimum Gasteiger partial charge on any atom is -0.462 e. The first-order valence-corrected chi connectivity index (χ1v) is 6.14. The Morgan fingerprint density at radius 3 is 3.17 bits per heavy atom. The number of hydrogen-bond acceptors (Lipinski definition) is 7. The zero-order valence-corrected chi connectivity index (χ0v) is 10.6. The predicted octanol–water partition coefficient (Wildman–Crippen LogP) is 1.24. The summed E-state index contributed by atoms with van der Waals surface area (Å²) in [6.45, 7) is 2.55. The smallest absolute Gasteiger partial charge is 0.344 e. The highest BCUT2D eigenvalue weighted by Crippen LogP contribution is 2.27. The molecule has 0 amide bonds. The molecule has 2 aromatic heterocycles. The van der Waals surface area contributed by atoms with E-state index in [-0.39, 0.29) is 5.82 Å². The van der Waals surface area contributed by atoms with Gasteiger partial charge in [0.05, 0.1) is 18.8 Å². The second kappa shape index (κ2) is 5.50. The number of hydrogen-bond donors (Lipinski definition) is 3. The highest BCUT2D eigenvalue weighted by atomic mass is 32.1. The van der Waals surface area contributed by atoms with Crippen LogP contribution in [0.3, 0.4) is 0 Å². The molecule has 0 aromatic carbocycles. The minimum absolute atomic E-state index is 0.186. The molecule has 0 radical (unpaired) electrons. The SMILES string of the molecule is CCOC(=O)c1c(N)nsc1NCc1ccn[nH]1. The molecule has 2 heterocycles. The third-order valence-corrected chi connectivity index (χ3v) is 3.01. The lowest BCUT2D eigenvalue weighted by atomic mass is 10.3. The van der Waals surface area contributed by atoms with Crippen molar-refractivity contribution in [2.75, 3.05) is 17.7 Å². The van der Waals surface area contributed by atoms with E-state index < -0.39 is 5.97 Å². The average molecular weight is 267 g/mol. The van der Waals surface area contributed by atoms with Gasteiger partial charge in [-0.1, -0.05) is 0 Å². The maximum Gasteiger partial charge on any atom is 0.344 e. The number of nitrogen functional groups attached to an aromatic ring is 1. The normalized spacial score (nSPS) is 10.3. The van der Waals surface area contributed by atoms with E-state index in [1.807, 2.05) is 6.07 Å². The van der Waals surface area contributed by atoms with E-state index in [0.717, 1.165) is 17.2 Å². The predicted molar refractivity (Wildman–Crippen MR) is 68.4 cm³/mol. The van der Waals surface area contributed by atoms with E-state index in [2.05, 4.69) is 19.9 Å². The summed E-state index contributed by atoms with van der Waals surface area (Å²) in [6.07, 6.45) is 1.66. The van der Waals surface area contributed by atoms with Crippen LogP contribution in [0.2, 0.25) is 0 Å². The number of nitrogens with two attached hydrogens (primary N) is 1. The van der Waals surface area contributed by atoms with Crippen LogP contribution in [0.4, 0.5) is 10.8 Å². The van der Waals surface area contributed by atoms with Crippen molar-refractivity contribution < 1.29 is 9.53 Å². The second-order valence-electron chi connectivity index (χ2n) is 3.43. The number of aromatic amines is 1. The molecule has 2 aromatic rings. The average Bonchev–Trinajstić information content (AvgIpc) is 2.96. The molecule has 18 heavy (non-hydrogen) atoms. The van der Waals surface area contributed by atoms with Gasteiger partial charge >= 0.3 is 5.97 Å². The Balaban J connectivity index is 2.10. The van der Waals surface area contributed by atoms with Gasteiger partial charge in [0, 0.05) is 6.20 Å². The zero-order valence-electron chi connectivity index (χ0n) is 9.77. The van der Waals surface area contributed by atoms with Gasteiger partial charge in [0.1, 0.15) is 10.6 Å². The Kier molecular flexibility index (Phi) is 3.78. The molecule has 0 bridgehead atoms. The lowest BCUT2D eigenvalue weighted by molar-refractivity contribution is 0.0529. The van der Waals surface area contributed by atoms with Crippen LogP contribution >= 0.6 is 11.5 Å². The summed E-state index contributed by atoms with van der Waals surface area (Å²) in [7, 11) is 0. The second-order valence-corrected chi connectivity index (χ2v) is 4.20. The van der Waals surface area contributed by atoms with Crippen molar-refractivity contribution in [1.29, 1.82) is 0 Å². The van der Waals surface area contributed by atoms with Crippen molar-refractivity contribution in [3.63, 3.8) is 0 Å². The fourth-order valence-electron chi connectivity index (χ4n) is 1.38. The summed E-state index contributed by atoms with van der Waals surface area (Å²) in [5.74, 6) is -0.276. The number of H-pyrrole nitrogens is 1. The summed E-state index contributed by atoms with van der Waals surface area (Å²) in [5, 5.41) is 10.3. The van der Waals surface area contributed by atoms with Crippen LogP contribution in [-0.4, -0.2) is 27.1 Å². The number of aromatic nitrogens is 3. The van der Waals surface area contributed by atoms with Crippen LogP contribution in [0.15, 0.2) is 12.3 Å². The number of anilines is 2. The molecule has 2 rings (SSSR count). The quantitative estimate of drug-likeness (QED) is 0.704. The summed E-state index contributed by atoms with van der Waals surface area (Å²) >= 11 is 1.13. The van der Waals surface area contributed by atoms with Crippen LogP contribution in [0.1, 0.15) is 23.0 Å². The van der Waals surface area contributed by atoms with Crippen LogP contribution in [-0.2, 0) is 11.3 Å². The highest BCUT2D eigenvalue weighted by Gasteiger charge is 2.20. The summed E-state index contributed by atoms with van der Waals surface area (Å²) < 4.78 is 8.88. The molecule has 0 aliphatic rings. The molecule has 0 atom stereocenters. The number of nitrogens with one attached hydrogen (secondary N) is 2. The third kappa shape index (κ3) is 2.59. The van der Waals surface area contributed by atoms with Crippen LogP contribution in [0, 0.1) is 0 Å². The van der Waals surface area contributed by atoms with Gasteiger partial charge in [0.2, 0.25) is 0 Å². The van der Waals surface area contributed by atoms with E-state index in [0.29, 0.717) is 23.7 Å². The fourth-order valence-corrected chi connectivity index (χ4v) is 2.08. The number of esters is 1. The van der Waals surface area contributed by atoms with Crippen molar-refractivity contribution in [1.82, 2.24) is 14.6 Å². The van der Waals surface area contributed by atoms with Crippen molar-refractivity contribution in [2.24, 2.45) is 0 Å². The van der Waals surface area contributed by atoms with Gasteiger partial charge in [-0.25, -0.2) is 4.79 Å². The van der Waals surface area contributed by atoms with E-state index in [1.54, 1.807) is 13.1 Å². The standard InChI is InChI=1S/C10H13N5O2S/c1-2-17-10(16)7-8(11)15-18-9(7)12-5-6-3-4-13-14-6/h3-4,12H,2,5H2,1H3,(H2,11,15)(H,13,14). The molecular weight excluding hydrogens is 254 g/mol. The third-order valence-electron chi connectivity index (χ3n) is 2.20. The molecule has 0 unspecified atom stereocenters. The number of nitrogens with zero attached hydrogens (tertiary/aromatic N) is 2. The minimum atomic E-state index is -0.462. The van der Waals surface area contributed by atoms with Gasteiger partial charge in [-0.3, -0.25) is 5.10 Å². The molecule has 0 aliphatic carbocycles. The first-order chi connectivity index (χ1) is 8.72. The fraction of sp³-hybridized carbons (Fsp3) is 0.300. The highest BCUT2D eigenvalue weighted by molar-refractivity contribution is 7.11. The molecule has 4 N–H and O–H groups in total. The molecule has 96 valence electrons. The van der Waals surface area contributed by atoms with Gasteiger partial charge in [-0.05, 0) is 24.5 Å². The van der Waals surface area contributed by atoms with Gasteiger partial charge in [0.25, 0.3) is 0 Å². The van der Waals surface area contributed by atoms with Crippen molar-refractivity contribution in [3.05, 3.63) is 23.5 Å². The first-order valence-electron chi connectivity index (χ1n) is 5.36. The molecule has 0 saturated heterocycles. The Morgan fingerprint density at radius 1 is 1.67 bits per heavy atom. The van der Waals surface area contributed by atoms with E-state index >= 15 is 0 Å². The molecule has 0 aliphatic heterocycles. The van der Waals surface area contributed by atoms with Gasteiger partial charge < -0.3 is 15.8 Å². The Labute approximate surface area is 108 Å². The van der Waals surface area contributed by atoms with E-state index in [4.69, 9.17) is 10.5 Å². The number of carbonyl (C=O) groups is 1. The number of carbonyl (C=O) groups excluding carboxylic acids is 1. The maximum atomic E-state index is 11.7. The van der Waals surface area contributed by atoms with Crippen molar-refractivity contribution >= 4 is 28.3 Å². The van der Waals surface area contributed by atoms with Crippen LogP contribution in [0.25, 0.3) is 0 Å². The topological polar surface area (TPSA) is 106 Å². The van der Waals surface area contributed by atoms with E-state index in [9.17, 15) is 4.79 Å². The number of rotatable bonds is 5. The summed E-state index contributed by atoms with van der Waals surface area (Å²) in [4.78, 5) is 11.7. The molecule has 0 fully saturated rings. The summed E-state index contributed by atoms with van der Waals surface area (Å²) in [5.41, 5.74) is 6.85.